The van der Waals surface area contributed by atoms with E-state index in [0.717, 1.165) is 6.07 Å². The predicted octanol–water partition coefficient (Wildman–Crippen LogP) is 4.81. The number of rotatable bonds is 4. The van der Waals surface area contributed by atoms with Crippen LogP contribution in [0, 0.1) is 21.7 Å². The van der Waals surface area contributed by atoms with Gasteiger partial charge in [0.2, 0.25) is 0 Å². The number of hydrogen-bond acceptors (Lipinski definition) is 3. The first-order valence-electron chi connectivity index (χ1n) is 6.04. The smallest absolute Gasteiger partial charge is 0.285 e. The van der Waals surface area contributed by atoms with Gasteiger partial charge in [0.1, 0.15) is 0 Å². The lowest BCUT2D eigenvalue weighted by molar-refractivity contribution is -0.385. The molecule has 2 aromatic carbocycles. The molecule has 0 saturated carbocycles. The molecular formula is C14H11BrF2N2O2. The Morgan fingerprint density at radius 3 is 2.67 bits per heavy atom. The first-order valence-corrected chi connectivity index (χ1v) is 6.84. The van der Waals surface area contributed by atoms with E-state index in [1.807, 2.05) is 0 Å². The van der Waals surface area contributed by atoms with Crippen molar-refractivity contribution in [1.29, 1.82) is 0 Å². The van der Waals surface area contributed by atoms with Crippen molar-refractivity contribution in [1.82, 2.24) is 0 Å². The second-order valence-electron chi connectivity index (χ2n) is 4.43. The molecule has 1 atom stereocenters. The van der Waals surface area contributed by atoms with E-state index in [4.69, 9.17) is 0 Å². The van der Waals surface area contributed by atoms with Crippen LogP contribution in [0.5, 0.6) is 0 Å². The van der Waals surface area contributed by atoms with Gasteiger partial charge in [-0.15, -0.1) is 0 Å². The highest BCUT2D eigenvalue weighted by Gasteiger charge is 2.16. The van der Waals surface area contributed by atoms with Gasteiger partial charge in [-0.25, -0.2) is 8.78 Å². The monoisotopic (exact) mass is 356 g/mol. The number of nitrogens with one attached hydrogen (secondary N) is 1. The largest absolute Gasteiger partial charge is 0.378 e. The fourth-order valence-electron chi connectivity index (χ4n) is 1.93. The van der Waals surface area contributed by atoms with Gasteiger partial charge < -0.3 is 5.32 Å². The summed E-state index contributed by atoms with van der Waals surface area (Å²) in [5.41, 5.74) is 0.494. The quantitative estimate of drug-likeness (QED) is 0.631. The number of benzene rings is 2. The third-order valence-electron chi connectivity index (χ3n) is 2.97. The number of halogens is 3. The number of hydrogen-bond donors (Lipinski definition) is 1. The first-order chi connectivity index (χ1) is 9.90. The van der Waals surface area contributed by atoms with Crippen LogP contribution in [0.4, 0.5) is 20.2 Å². The Morgan fingerprint density at radius 1 is 1.29 bits per heavy atom. The topological polar surface area (TPSA) is 55.2 Å². The summed E-state index contributed by atoms with van der Waals surface area (Å²) in [4.78, 5) is 10.3. The summed E-state index contributed by atoms with van der Waals surface area (Å²) in [6.07, 6.45) is 0. The van der Waals surface area contributed by atoms with Crippen molar-refractivity contribution in [2.75, 3.05) is 5.32 Å². The van der Waals surface area contributed by atoms with E-state index < -0.39 is 22.6 Å². The zero-order chi connectivity index (χ0) is 15.6. The summed E-state index contributed by atoms with van der Waals surface area (Å²) in [6.45, 7) is 1.64. The Bertz CT molecular complexity index is 695. The SMILES string of the molecule is CC(Nc1ccc(Br)c([N+](=O)[O-])c1)c1cccc(F)c1F. The van der Waals surface area contributed by atoms with Gasteiger partial charge in [0.15, 0.2) is 11.6 Å². The van der Waals surface area contributed by atoms with E-state index in [1.165, 1.54) is 24.3 Å². The fourth-order valence-corrected chi connectivity index (χ4v) is 2.32. The predicted molar refractivity (Wildman–Crippen MR) is 79.2 cm³/mol. The van der Waals surface area contributed by atoms with Crippen LogP contribution in [0.25, 0.3) is 0 Å². The molecule has 0 heterocycles. The molecule has 7 heteroatoms. The van der Waals surface area contributed by atoms with Gasteiger partial charge in [-0.2, -0.15) is 0 Å². The van der Waals surface area contributed by atoms with Crippen molar-refractivity contribution < 1.29 is 13.7 Å². The van der Waals surface area contributed by atoms with Gasteiger partial charge in [-0.05, 0) is 41.1 Å². The van der Waals surface area contributed by atoms with Crippen LogP contribution in [0.15, 0.2) is 40.9 Å². The molecule has 1 N–H and O–H groups in total. The van der Waals surface area contributed by atoms with Crippen molar-refractivity contribution in [3.63, 3.8) is 0 Å². The van der Waals surface area contributed by atoms with Crippen molar-refractivity contribution in [2.24, 2.45) is 0 Å². The third-order valence-corrected chi connectivity index (χ3v) is 3.64. The van der Waals surface area contributed by atoms with Gasteiger partial charge in [0.05, 0.1) is 15.4 Å². The van der Waals surface area contributed by atoms with Crippen LogP contribution >= 0.6 is 15.9 Å². The lowest BCUT2D eigenvalue weighted by Gasteiger charge is -2.16. The molecule has 0 aliphatic rings. The van der Waals surface area contributed by atoms with E-state index in [2.05, 4.69) is 21.2 Å². The van der Waals surface area contributed by atoms with Crippen LogP contribution in [0.3, 0.4) is 0 Å². The van der Waals surface area contributed by atoms with E-state index in [1.54, 1.807) is 13.0 Å². The average molecular weight is 357 g/mol. The summed E-state index contributed by atoms with van der Waals surface area (Å²) >= 11 is 3.08. The third kappa shape index (κ3) is 3.36. The molecule has 0 bridgehead atoms. The summed E-state index contributed by atoms with van der Waals surface area (Å²) in [7, 11) is 0. The highest BCUT2D eigenvalue weighted by atomic mass is 79.9. The highest BCUT2D eigenvalue weighted by Crippen LogP contribution is 2.30. The molecule has 0 aliphatic carbocycles. The maximum Gasteiger partial charge on any atom is 0.285 e. The maximum absolute atomic E-state index is 13.7. The second kappa shape index (κ2) is 6.17. The standard InChI is InChI=1S/C14H11BrF2N2O2/c1-8(10-3-2-4-12(16)14(10)17)18-9-5-6-11(15)13(7-9)19(20)21/h2-8,18H,1H3. The molecular weight excluding hydrogens is 346 g/mol. The average Bonchev–Trinajstić information content (AvgIpc) is 2.43. The van der Waals surface area contributed by atoms with Gasteiger partial charge in [-0.3, -0.25) is 10.1 Å². The molecule has 0 fully saturated rings. The lowest BCUT2D eigenvalue weighted by atomic mass is 10.1. The fraction of sp³-hybridized carbons (Fsp3) is 0.143. The van der Waals surface area contributed by atoms with Crippen LogP contribution in [-0.4, -0.2) is 4.92 Å². The van der Waals surface area contributed by atoms with Gasteiger partial charge in [0.25, 0.3) is 5.69 Å². The Kier molecular flexibility index (Phi) is 4.52. The minimum absolute atomic E-state index is 0.105. The summed E-state index contributed by atoms with van der Waals surface area (Å²) in [5.74, 6) is -1.85. The number of nitro benzene ring substituents is 1. The van der Waals surface area contributed by atoms with Crippen molar-refractivity contribution in [2.45, 2.75) is 13.0 Å². The van der Waals surface area contributed by atoms with Crippen LogP contribution in [0.1, 0.15) is 18.5 Å². The maximum atomic E-state index is 13.7. The molecule has 0 spiro atoms. The van der Waals surface area contributed by atoms with E-state index >= 15 is 0 Å². The Hall–Kier alpha value is -2.02. The number of nitrogens with zero attached hydrogens (tertiary/aromatic N) is 1. The zero-order valence-corrected chi connectivity index (χ0v) is 12.5. The van der Waals surface area contributed by atoms with Crippen LogP contribution in [-0.2, 0) is 0 Å². The van der Waals surface area contributed by atoms with E-state index in [-0.39, 0.29) is 11.3 Å². The molecule has 2 rings (SSSR count). The number of nitro groups is 1. The highest BCUT2D eigenvalue weighted by molar-refractivity contribution is 9.10. The Balaban J connectivity index is 2.27. The molecule has 0 aliphatic heterocycles. The normalized spacial score (nSPS) is 12.0. The Morgan fingerprint density at radius 2 is 2.00 bits per heavy atom. The van der Waals surface area contributed by atoms with Gasteiger partial charge >= 0.3 is 0 Å². The Labute approximate surface area is 128 Å². The van der Waals surface area contributed by atoms with E-state index in [9.17, 15) is 18.9 Å². The molecule has 0 saturated heterocycles. The molecule has 2 aromatic rings. The summed E-state index contributed by atoms with van der Waals surface area (Å²) < 4.78 is 27.2. The van der Waals surface area contributed by atoms with Gasteiger partial charge in [-0.1, -0.05) is 12.1 Å². The number of anilines is 1. The minimum atomic E-state index is -0.928. The minimum Gasteiger partial charge on any atom is -0.378 e. The van der Waals surface area contributed by atoms with Crippen molar-refractivity contribution >= 4 is 27.3 Å². The van der Waals surface area contributed by atoms with E-state index in [0.29, 0.717) is 10.2 Å². The zero-order valence-electron chi connectivity index (χ0n) is 10.9. The molecule has 0 radical (unpaired) electrons. The molecule has 4 nitrogen and oxygen atoms in total. The summed E-state index contributed by atoms with van der Waals surface area (Å²) in [5, 5.41) is 13.8. The van der Waals surface area contributed by atoms with Crippen molar-refractivity contribution in [3.8, 4) is 0 Å². The van der Waals surface area contributed by atoms with Gasteiger partial charge in [0, 0.05) is 17.3 Å². The lowest BCUT2D eigenvalue weighted by Crippen LogP contribution is -2.09. The van der Waals surface area contributed by atoms with Crippen LogP contribution in [0.2, 0.25) is 0 Å². The van der Waals surface area contributed by atoms with Crippen molar-refractivity contribution in [3.05, 3.63) is 68.2 Å². The first kappa shape index (κ1) is 15.4. The molecule has 1 unspecified atom stereocenters. The molecule has 0 amide bonds. The summed E-state index contributed by atoms with van der Waals surface area (Å²) in [6, 6.07) is 7.84. The molecule has 110 valence electrons. The second-order valence-corrected chi connectivity index (χ2v) is 5.29. The molecule has 0 aromatic heterocycles. The van der Waals surface area contributed by atoms with Crippen LogP contribution < -0.4 is 5.32 Å². The molecule has 21 heavy (non-hydrogen) atoms.